The molecule has 4 nitrogen and oxygen atoms in total. The van der Waals surface area contributed by atoms with E-state index in [4.69, 9.17) is 11.6 Å². The molecule has 2 unspecified atom stereocenters. The summed E-state index contributed by atoms with van der Waals surface area (Å²) in [5.41, 5.74) is 0.726. The molecule has 5 rings (SSSR count). The van der Waals surface area contributed by atoms with Gasteiger partial charge in [-0.25, -0.2) is 8.78 Å². The minimum absolute atomic E-state index is 0.0530. The van der Waals surface area contributed by atoms with E-state index >= 15 is 8.78 Å². The summed E-state index contributed by atoms with van der Waals surface area (Å²) in [6.07, 6.45) is 9.02. The Labute approximate surface area is 206 Å². The highest BCUT2D eigenvalue weighted by Crippen LogP contribution is 2.59. The van der Waals surface area contributed by atoms with Gasteiger partial charge in [0.05, 0.1) is 10.6 Å². The van der Waals surface area contributed by atoms with Gasteiger partial charge in [-0.3, -0.25) is 9.59 Å². The van der Waals surface area contributed by atoms with Crippen LogP contribution in [-0.2, 0) is 13.1 Å². The van der Waals surface area contributed by atoms with Gasteiger partial charge in [-0.15, -0.1) is 0 Å². The molecular weight excluding hydrogens is 549 g/mol. The molecule has 1 aromatic carbocycles. The number of amides is 2. The van der Waals surface area contributed by atoms with Crippen LogP contribution in [0, 0.1) is 23.0 Å². The molecule has 4 aliphatic carbocycles. The summed E-state index contributed by atoms with van der Waals surface area (Å²) in [6.45, 7) is 1.46. The van der Waals surface area contributed by atoms with Gasteiger partial charge in [-0.1, -0.05) is 23.3 Å². The second-order valence-corrected chi connectivity index (χ2v) is 11.5. The molecular formula is C24H28ClF2IN2O2. The van der Waals surface area contributed by atoms with Crippen LogP contribution in [0.1, 0.15) is 70.3 Å². The van der Waals surface area contributed by atoms with Gasteiger partial charge >= 0.3 is 0 Å². The number of benzene rings is 1. The molecule has 0 aliphatic heterocycles. The highest BCUT2D eigenvalue weighted by atomic mass is 127. The molecule has 4 aliphatic rings. The van der Waals surface area contributed by atoms with Gasteiger partial charge in [0.15, 0.2) is 5.82 Å². The van der Waals surface area contributed by atoms with Gasteiger partial charge in [-0.2, -0.15) is 0 Å². The standard InChI is InChI=1S/C24H28ClF2IN2O2/c1-14(31)29-17-5-4-16(13-17)22(32)30-24(28,20-19(26)7-6-18(25)21(20)27)23-10-2-3-15(8-11-23)9-12-23/h6-8,16-17H,2-5,9-13H2,1H3,(H,29,31)(H,30,32)/t16-,17?,23?,24-/m1/s1. The van der Waals surface area contributed by atoms with Crippen LogP contribution < -0.4 is 10.6 Å². The zero-order valence-electron chi connectivity index (χ0n) is 18.1. The van der Waals surface area contributed by atoms with E-state index in [9.17, 15) is 9.59 Å². The summed E-state index contributed by atoms with van der Waals surface area (Å²) in [4.78, 5) is 24.9. The fourth-order valence-corrected chi connectivity index (χ4v) is 7.43. The number of hydrogen-bond donors (Lipinski definition) is 2. The molecule has 2 amide bonds. The van der Waals surface area contributed by atoms with Gasteiger partial charge in [0, 0.05) is 24.3 Å². The maximum absolute atomic E-state index is 15.4. The lowest BCUT2D eigenvalue weighted by Crippen LogP contribution is -2.55. The van der Waals surface area contributed by atoms with Crippen molar-refractivity contribution in [3.8, 4) is 0 Å². The number of fused-ring (bicyclic) bond motifs is 4. The zero-order chi connectivity index (χ0) is 23.1. The molecule has 1 aromatic rings. The lowest BCUT2D eigenvalue weighted by atomic mass is 9.67. The van der Waals surface area contributed by atoms with Crippen LogP contribution in [0.25, 0.3) is 0 Å². The van der Waals surface area contributed by atoms with E-state index in [1.165, 1.54) is 24.6 Å². The van der Waals surface area contributed by atoms with Crippen molar-refractivity contribution in [2.75, 3.05) is 0 Å². The van der Waals surface area contributed by atoms with Crippen molar-refractivity contribution in [3.63, 3.8) is 0 Å². The number of hydrogen-bond acceptors (Lipinski definition) is 2. The van der Waals surface area contributed by atoms with Crippen molar-refractivity contribution < 1.29 is 18.4 Å². The molecule has 32 heavy (non-hydrogen) atoms. The van der Waals surface area contributed by atoms with Gasteiger partial charge in [-0.05, 0) is 92.5 Å². The van der Waals surface area contributed by atoms with Crippen molar-refractivity contribution in [1.29, 1.82) is 0 Å². The first-order valence-corrected chi connectivity index (χ1v) is 12.7. The molecule has 8 heteroatoms. The quantitative estimate of drug-likeness (QED) is 0.151. The summed E-state index contributed by atoms with van der Waals surface area (Å²) >= 11 is 8.16. The Morgan fingerprint density at radius 1 is 1.22 bits per heavy atom. The first-order chi connectivity index (χ1) is 15.1. The summed E-state index contributed by atoms with van der Waals surface area (Å²) in [7, 11) is 0. The van der Waals surface area contributed by atoms with Crippen LogP contribution >= 0.6 is 34.2 Å². The minimum Gasteiger partial charge on any atom is -0.354 e. The first kappa shape index (κ1) is 23.9. The maximum atomic E-state index is 15.4. The van der Waals surface area contributed by atoms with Crippen molar-refractivity contribution in [1.82, 2.24) is 10.6 Å². The van der Waals surface area contributed by atoms with Crippen molar-refractivity contribution >= 4 is 46.0 Å². The fourth-order valence-electron chi connectivity index (χ4n) is 5.75. The Bertz CT molecular complexity index is 972. The number of halogens is 4. The van der Waals surface area contributed by atoms with E-state index in [0.29, 0.717) is 25.7 Å². The third-order valence-electron chi connectivity index (χ3n) is 7.48. The van der Waals surface area contributed by atoms with E-state index in [0.717, 1.165) is 32.1 Å². The molecule has 2 saturated carbocycles. The summed E-state index contributed by atoms with van der Waals surface area (Å²) < 4.78 is 29.3. The number of rotatable bonds is 5. The molecule has 0 heterocycles. The molecule has 0 spiro atoms. The number of allylic oxidation sites excluding steroid dienone is 2. The predicted octanol–water partition coefficient (Wildman–Crippen LogP) is 5.91. The summed E-state index contributed by atoms with van der Waals surface area (Å²) in [5, 5.41) is 5.84. The lowest BCUT2D eigenvalue weighted by molar-refractivity contribution is -0.127. The SMILES string of the molecule is CC(=O)NC1CC[C@@H](C(=O)N[C@](I)(c2c(F)ccc(Cl)c2F)C23CC=C(CCC2)CC3)C1. The average Bonchev–Trinajstić information content (AvgIpc) is 2.97. The smallest absolute Gasteiger partial charge is 0.224 e. The molecule has 2 N–H and O–H groups in total. The lowest BCUT2D eigenvalue weighted by Gasteiger charge is -2.49. The Morgan fingerprint density at radius 2 is 2.00 bits per heavy atom. The molecule has 0 aromatic heterocycles. The van der Waals surface area contributed by atoms with Crippen LogP contribution in [0.3, 0.4) is 0 Å². The van der Waals surface area contributed by atoms with E-state index in [1.807, 2.05) is 0 Å². The van der Waals surface area contributed by atoms with Crippen LogP contribution in [0.2, 0.25) is 5.02 Å². The first-order valence-electron chi connectivity index (χ1n) is 11.2. The largest absolute Gasteiger partial charge is 0.354 e. The van der Waals surface area contributed by atoms with Gasteiger partial charge in [0.2, 0.25) is 11.8 Å². The Kier molecular flexibility index (Phi) is 6.88. The minimum atomic E-state index is -1.28. The fraction of sp³-hybridized carbons (Fsp3) is 0.583. The Morgan fingerprint density at radius 3 is 2.69 bits per heavy atom. The van der Waals surface area contributed by atoms with Crippen LogP contribution in [-0.4, -0.2) is 17.9 Å². The van der Waals surface area contributed by atoms with E-state index < -0.39 is 20.6 Å². The van der Waals surface area contributed by atoms with Crippen molar-refractivity contribution in [2.24, 2.45) is 11.3 Å². The third-order valence-corrected chi connectivity index (χ3v) is 9.73. The zero-order valence-corrected chi connectivity index (χ0v) is 21.0. The monoisotopic (exact) mass is 576 g/mol. The van der Waals surface area contributed by atoms with Crippen molar-refractivity contribution in [2.45, 2.75) is 74.3 Å². The van der Waals surface area contributed by atoms with Crippen molar-refractivity contribution in [3.05, 3.63) is 46.0 Å². The molecule has 0 saturated heterocycles. The molecule has 2 bridgehead atoms. The maximum Gasteiger partial charge on any atom is 0.224 e. The number of nitrogens with one attached hydrogen (secondary N) is 2. The molecule has 174 valence electrons. The topological polar surface area (TPSA) is 58.2 Å². The number of alkyl halides is 1. The Balaban J connectivity index is 1.71. The van der Waals surface area contributed by atoms with E-state index in [2.05, 4.69) is 39.3 Å². The average molecular weight is 577 g/mol. The van der Waals surface area contributed by atoms with E-state index in [1.54, 1.807) is 0 Å². The molecule has 2 fully saturated rings. The molecule has 4 atom stereocenters. The third kappa shape index (κ3) is 4.31. The summed E-state index contributed by atoms with van der Waals surface area (Å²) in [6, 6.07) is 2.34. The molecule has 0 radical (unpaired) electrons. The summed E-state index contributed by atoms with van der Waals surface area (Å²) in [5.74, 6) is -2.16. The number of carbonyl (C=O) groups excluding carboxylic acids is 2. The highest BCUT2D eigenvalue weighted by molar-refractivity contribution is 14.1. The number of carbonyl (C=O) groups is 2. The highest BCUT2D eigenvalue weighted by Gasteiger charge is 2.55. The van der Waals surface area contributed by atoms with E-state index in [-0.39, 0.29) is 34.4 Å². The van der Waals surface area contributed by atoms with Crippen LogP contribution in [0.5, 0.6) is 0 Å². The predicted molar refractivity (Wildman–Crippen MR) is 128 cm³/mol. The van der Waals surface area contributed by atoms with Gasteiger partial charge in [0.25, 0.3) is 0 Å². The van der Waals surface area contributed by atoms with Crippen LogP contribution in [0.4, 0.5) is 8.78 Å². The van der Waals surface area contributed by atoms with Gasteiger partial charge < -0.3 is 10.6 Å². The second kappa shape index (κ2) is 9.20. The normalized spacial score (nSPS) is 29.1. The van der Waals surface area contributed by atoms with Crippen LogP contribution in [0.15, 0.2) is 23.8 Å². The Hall–Kier alpha value is -1.22. The second-order valence-electron chi connectivity index (χ2n) is 9.47. The van der Waals surface area contributed by atoms with Gasteiger partial charge in [0.1, 0.15) is 9.36 Å².